The molecule has 0 radical (unpaired) electrons. The number of nitrogens with zero attached hydrogens (tertiary/aromatic N) is 4. The topological polar surface area (TPSA) is 95.2 Å². The summed E-state index contributed by atoms with van der Waals surface area (Å²) in [6, 6.07) is 8.54. The highest BCUT2D eigenvalue weighted by Crippen LogP contribution is 2.23. The van der Waals surface area contributed by atoms with Crippen molar-refractivity contribution < 1.29 is 0 Å². The molecule has 0 aromatic carbocycles. The third-order valence-electron chi connectivity index (χ3n) is 3.42. The fourth-order valence-electron chi connectivity index (χ4n) is 0.862. The predicted molar refractivity (Wildman–Crippen MR) is 123 cm³/mol. The van der Waals surface area contributed by atoms with E-state index in [1.165, 1.54) is 0 Å². The Kier molecular flexibility index (Phi) is 18.8. The normalized spacial score (nSPS) is 11.8. The molecular formula is C25H46N4. The standard InChI is InChI=1S/2C7H13N.C6H11N.C5H9N/c1-6(5-8)7(2,3)4;1-7(2,3)5-4-6-8;1-6(2,3)4-5-7;1-5(2,3)4-6/h6H,1-4H3;4-5H2,1-3H3;4H2,1-3H3;1-3H3. The van der Waals surface area contributed by atoms with Gasteiger partial charge in [-0.25, -0.2) is 0 Å². The van der Waals surface area contributed by atoms with E-state index in [1.54, 1.807) is 0 Å². The molecule has 0 aliphatic heterocycles. The van der Waals surface area contributed by atoms with Crippen LogP contribution in [0.1, 0.15) is 109 Å². The molecule has 0 spiro atoms. The Morgan fingerprint density at radius 2 is 1.03 bits per heavy atom. The van der Waals surface area contributed by atoms with Crippen molar-refractivity contribution in [2.24, 2.45) is 27.6 Å². The maximum absolute atomic E-state index is 8.42. The zero-order valence-corrected chi connectivity index (χ0v) is 21.5. The van der Waals surface area contributed by atoms with Gasteiger partial charge in [0.05, 0.1) is 24.3 Å². The highest BCUT2D eigenvalue weighted by atomic mass is 14.3. The second-order valence-corrected chi connectivity index (χ2v) is 11.7. The zero-order valence-electron chi connectivity index (χ0n) is 21.5. The van der Waals surface area contributed by atoms with Gasteiger partial charge in [0.1, 0.15) is 0 Å². The first kappa shape index (κ1) is 34.5. The summed E-state index contributed by atoms with van der Waals surface area (Å²) in [6.07, 6.45) is 2.33. The minimum atomic E-state index is -0.153. The molecule has 0 aliphatic carbocycles. The Hall–Kier alpha value is -2.04. The third-order valence-corrected chi connectivity index (χ3v) is 3.42. The summed E-state index contributed by atoms with van der Waals surface area (Å²) < 4.78 is 0. The molecular weight excluding hydrogens is 356 g/mol. The van der Waals surface area contributed by atoms with Gasteiger partial charge >= 0.3 is 0 Å². The van der Waals surface area contributed by atoms with Crippen LogP contribution in [0.25, 0.3) is 0 Å². The highest BCUT2D eigenvalue weighted by molar-refractivity contribution is 4.87. The summed E-state index contributed by atoms with van der Waals surface area (Å²) in [5, 5.41) is 32.9. The fourth-order valence-corrected chi connectivity index (χ4v) is 0.862. The van der Waals surface area contributed by atoms with Gasteiger partial charge in [0, 0.05) is 24.2 Å². The molecule has 0 rings (SSSR count). The molecule has 0 amide bonds. The first-order valence-corrected chi connectivity index (χ1v) is 10.2. The van der Waals surface area contributed by atoms with E-state index in [-0.39, 0.29) is 22.2 Å². The minimum Gasteiger partial charge on any atom is -0.198 e. The van der Waals surface area contributed by atoms with Crippen molar-refractivity contribution in [3.8, 4) is 24.3 Å². The second kappa shape index (κ2) is 15.8. The Morgan fingerprint density at radius 3 is 1.07 bits per heavy atom. The predicted octanol–water partition coefficient (Wildman–Crippen LogP) is 8.03. The third kappa shape index (κ3) is 46.2. The molecule has 0 heterocycles. The molecule has 0 N–H and O–H groups in total. The molecule has 0 aromatic heterocycles. The minimum absolute atomic E-state index is 0.148. The van der Waals surface area contributed by atoms with Crippen LogP contribution in [-0.2, 0) is 0 Å². The molecule has 0 aliphatic rings. The van der Waals surface area contributed by atoms with Crippen LogP contribution in [0.2, 0.25) is 0 Å². The van der Waals surface area contributed by atoms with Crippen LogP contribution in [0.3, 0.4) is 0 Å². The van der Waals surface area contributed by atoms with Gasteiger partial charge in [-0.05, 0) is 50.4 Å². The summed E-state index contributed by atoms with van der Waals surface area (Å²) >= 11 is 0. The van der Waals surface area contributed by atoms with Crippen molar-refractivity contribution in [1.82, 2.24) is 0 Å². The average molecular weight is 403 g/mol. The molecule has 4 heteroatoms. The van der Waals surface area contributed by atoms with E-state index in [4.69, 9.17) is 21.0 Å². The summed E-state index contributed by atoms with van der Waals surface area (Å²) in [4.78, 5) is 0. The van der Waals surface area contributed by atoms with Gasteiger partial charge in [-0.15, -0.1) is 0 Å². The van der Waals surface area contributed by atoms with Crippen molar-refractivity contribution in [1.29, 1.82) is 21.0 Å². The lowest BCUT2D eigenvalue weighted by Crippen LogP contribution is -2.14. The van der Waals surface area contributed by atoms with E-state index in [1.807, 2.05) is 27.7 Å². The molecule has 4 nitrogen and oxygen atoms in total. The monoisotopic (exact) mass is 402 g/mol. The average Bonchev–Trinajstić information content (AvgIpc) is 2.50. The first-order chi connectivity index (χ1) is 12.7. The lowest BCUT2D eigenvalue weighted by atomic mass is 9.83. The van der Waals surface area contributed by atoms with E-state index >= 15 is 0 Å². The Bertz CT molecular complexity index is 562. The van der Waals surface area contributed by atoms with Gasteiger partial charge in [0.15, 0.2) is 0 Å². The highest BCUT2D eigenvalue weighted by Gasteiger charge is 2.18. The van der Waals surface area contributed by atoms with E-state index in [9.17, 15) is 0 Å². The maximum Gasteiger partial charge on any atom is 0.0680 e. The lowest BCUT2D eigenvalue weighted by Gasteiger charge is -2.19. The second-order valence-electron chi connectivity index (χ2n) is 11.7. The maximum atomic E-state index is 8.42. The van der Waals surface area contributed by atoms with Crippen LogP contribution >= 0.6 is 0 Å². The molecule has 1 atom stereocenters. The summed E-state index contributed by atoms with van der Waals surface area (Å²) in [7, 11) is 0. The molecule has 0 saturated heterocycles. The van der Waals surface area contributed by atoms with Crippen LogP contribution in [0.5, 0.6) is 0 Å². The van der Waals surface area contributed by atoms with Crippen LogP contribution < -0.4 is 0 Å². The van der Waals surface area contributed by atoms with Crippen molar-refractivity contribution in [3.05, 3.63) is 0 Å². The van der Waals surface area contributed by atoms with Crippen molar-refractivity contribution in [2.75, 3.05) is 0 Å². The number of rotatable bonds is 1. The molecule has 166 valence electrons. The Morgan fingerprint density at radius 1 is 0.655 bits per heavy atom. The Balaban J connectivity index is -0.000000145. The van der Waals surface area contributed by atoms with Gasteiger partial charge in [-0.1, -0.05) is 62.3 Å². The fraction of sp³-hybridized carbons (Fsp3) is 0.840. The van der Waals surface area contributed by atoms with Crippen molar-refractivity contribution >= 4 is 0 Å². The van der Waals surface area contributed by atoms with Crippen molar-refractivity contribution in [3.63, 3.8) is 0 Å². The van der Waals surface area contributed by atoms with Gasteiger partial charge in [0.25, 0.3) is 0 Å². The van der Waals surface area contributed by atoms with Crippen LogP contribution in [0.15, 0.2) is 0 Å². The van der Waals surface area contributed by atoms with Crippen LogP contribution in [0.4, 0.5) is 0 Å². The van der Waals surface area contributed by atoms with Gasteiger partial charge in [-0.2, -0.15) is 21.0 Å². The molecule has 0 saturated carbocycles. The molecule has 29 heavy (non-hydrogen) atoms. The molecule has 0 aromatic rings. The van der Waals surface area contributed by atoms with Crippen molar-refractivity contribution in [2.45, 2.75) is 109 Å². The van der Waals surface area contributed by atoms with Crippen LogP contribution in [0, 0.1) is 72.9 Å². The van der Waals surface area contributed by atoms with E-state index in [2.05, 4.69) is 86.6 Å². The van der Waals surface area contributed by atoms with E-state index in [0.717, 1.165) is 6.42 Å². The van der Waals surface area contributed by atoms with Gasteiger partial charge < -0.3 is 0 Å². The first-order valence-electron chi connectivity index (χ1n) is 10.2. The summed E-state index contributed by atoms with van der Waals surface area (Å²) in [5.41, 5.74) is 0.513. The largest absolute Gasteiger partial charge is 0.198 e. The number of nitriles is 4. The van der Waals surface area contributed by atoms with E-state index in [0.29, 0.717) is 18.3 Å². The smallest absolute Gasteiger partial charge is 0.0680 e. The van der Waals surface area contributed by atoms with Gasteiger partial charge in [-0.3, -0.25) is 0 Å². The molecule has 0 fully saturated rings. The number of hydrogen-bond acceptors (Lipinski definition) is 4. The number of hydrogen-bond donors (Lipinski definition) is 0. The summed E-state index contributed by atoms with van der Waals surface area (Å²) in [5.74, 6) is 0.155. The van der Waals surface area contributed by atoms with E-state index < -0.39 is 0 Å². The van der Waals surface area contributed by atoms with Crippen LogP contribution in [-0.4, -0.2) is 0 Å². The van der Waals surface area contributed by atoms with Gasteiger partial charge in [0.2, 0.25) is 0 Å². The SMILES string of the molecule is CC(C#N)C(C)(C)C.CC(C)(C)C#N.CC(C)(C)CC#N.CC(C)(C)CCC#N. The quantitative estimate of drug-likeness (QED) is 0.443. The summed E-state index contributed by atoms with van der Waals surface area (Å²) in [6.45, 7) is 26.4. The molecule has 0 bridgehead atoms. The Labute approximate surface area is 182 Å². The zero-order chi connectivity index (χ0) is 24.5. The molecule has 1 unspecified atom stereocenters. The lowest BCUT2D eigenvalue weighted by molar-refractivity contribution is 0.322.